The summed E-state index contributed by atoms with van der Waals surface area (Å²) in [4.78, 5) is 11.8. The van der Waals surface area contributed by atoms with Gasteiger partial charge in [-0.15, -0.1) is 0 Å². The maximum absolute atomic E-state index is 5.26. The quantitative estimate of drug-likeness (QED) is 0.689. The number of hydrogen-bond acceptors (Lipinski definition) is 4. The van der Waals surface area contributed by atoms with Gasteiger partial charge in [0.1, 0.15) is 17.4 Å². The molecule has 0 amide bonds. The zero-order valence-electron chi connectivity index (χ0n) is 16.0. The summed E-state index contributed by atoms with van der Waals surface area (Å²) < 4.78 is 7.30. The molecule has 0 saturated carbocycles. The molecule has 1 aliphatic heterocycles. The first-order valence-electron chi connectivity index (χ1n) is 9.55. The van der Waals surface area contributed by atoms with Crippen LogP contribution in [0.1, 0.15) is 35.8 Å². The number of ether oxygens (including phenoxy) is 1. The van der Waals surface area contributed by atoms with Gasteiger partial charge < -0.3 is 4.74 Å². The molecule has 140 valence electrons. The molecule has 1 atom stereocenters. The predicted octanol–water partition coefficient (Wildman–Crippen LogP) is 3.96. The molecule has 5 heteroatoms. The molecule has 1 saturated heterocycles. The Kier molecular flexibility index (Phi) is 5.21. The fraction of sp³-hybridized carbons (Fsp3) is 0.364. The molecule has 27 heavy (non-hydrogen) atoms. The van der Waals surface area contributed by atoms with Crippen LogP contribution >= 0.6 is 0 Å². The molecule has 0 N–H and O–H groups in total. The van der Waals surface area contributed by atoms with Crippen molar-refractivity contribution in [3.8, 4) is 11.6 Å². The molecule has 0 radical (unpaired) electrons. The molecular weight excluding hydrogens is 336 g/mol. The zero-order valence-corrected chi connectivity index (χ0v) is 16.0. The first-order valence-corrected chi connectivity index (χ1v) is 9.55. The van der Waals surface area contributed by atoms with Gasteiger partial charge in [-0.25, -0.2) is 9.97 Å². The molecule has 2 aromatic heterocycles. The molecule has 1 aliphatic rings. The van der Waals surface area contributed by atoms with Crippen molar-refractivity contribution in [3.63, 3.8) is 0 Å². The second-order valence-electron chi connectivity index (χ2n) is 7.19. The van der Waals surface area contributed by atoms with Crippen LogP contribution in [0.25, 0.3) is 5.82 Å². The van der Waals surface area contributed by atoms with E-state index >= 15 is 0 Å². The highest BCUT2D eigenvalue weighted by Gasteiger charge is 2.22. The fourth-order valence-corrected chi connectivity index (χ4v) is 3.85. The number of piperidine rings is 1. The molecule has 1 unspecified atom stereocenters. The number of aryl methyl sites for hydroxylation is 1. The van der Waals surface area contributed by atoms with Crippen molar-refractivity contribution in [3.05, 3.63) is 71.9 Å². The van der Waals surface area contributed by atoms with Gasteiger partial charge in [-0.3, -0.25) is 9.47 Å². The van der Waals surface area contributed by atoms with E-state index in [1.807, 2.05) is 36.0 Å². The zero-order chi connectivity index (χ0) is 18.6. The lowest BCUT2D eigenvalue weighted by atomic mass is 9.94. The summed E-state index contributed by atoms with van der Waals surface area (Å²) in [6, 6.07) is 14.7. The number of aromatic nitrogens is 3. The third kappa shape index (κ3) is 4.03. The van der Waals surface area contributed by atoms with Gasteiger partial charge in [0, 0.05) is 37.1 Å². The third-order valence-electron chi connectivity index (χ3n) is 5.32. The summed E-state index contributed by atoms with van der Waals surface area (Å²) in [7, 11) is 1.71. The minimum atomic E-state index is 0.473. The van der Waals surface area contributed by atoms with Crippen LogP contribution in [0.2, 0.25) is 0 Å². The number of imidazole rings is 1. The van der Waals surface area contributed by atoms with Crippen LogP contribution in [0.15, 0.2) is 54.9 Å². The van der Waals surface area contributed by atoms with Gasteiger partial charge in [-0.2, -0.15) is 0 Å². The van der Waals surface area contributed by atoms with Gasteiger partial charge >= 0.3 is 0 Å². The molecule has 4 rings (SSSR count). The highest BCUT2D eigenvalue weighted by atomic mass is 16.5. The maximum atomic E-state index is 5.26. The van der Waals surface area contributed by atoms with E-state index < -0.39 is 0 Å². The lowest BCUT2D eigenvalue weighted by Gasteiger charge is -2.32. The molecule has 1 fully saturated rings. The Hall–Kier alpha value is -2.66. The van der Waals surface area contributed by atoms with Crippen molar-refractivity contribution in [1.29, 1.82) is 0 Å². The Balaban J connectivity index is 1.47. The van der Waals surface area contributed by atoms with Gasteiger partial charge in [0.2, 0.25) is 0 Å². The van der Waals surface area contributed by atoms with Gasteiger partial charge in [0.05, 0.1) is 7.11 Å². The average molecular weight is 362 g/mol. The van der Waals surface area contributed by atoms with Gasteiger partial charge in [0.15, 0.2) is 0 Å². The summed E-state index contributed by atoms with van der Waals surface area (Å²) in [5.74, 6) is 3.30. The largest absolute Gasteiger partial charge is 0.497 e. The van der Waals surface area contributed by atoms with Crippen molar-refractivity contribution in [2.75, 3.05) is 20.2 Å². The van der Waals surface area contributed by atoms with E-state index in [2.05, 4.69) is 40.2 Å². The van der Waals surface area contributed by atoms with Crippen molar-refractivity contribution in [2.24, 2.45) is 0 Å². The number of hydrogen-bond donors (Lipinski definition) is 0. The topological polar surface area (TPSA) is 43.2 Å². The minimum absolute atomic E-state index is 0.473. The van der Waals surface area contributed by atoms with Gasteiger partial charge in [-0.1, -0.05) is 18.2 Å². The molecule has 5 nitrogen and oxygen atoms in total. The number of methoxy groups -OCH3 is 1. The lowest BCUT2D eigenvalue weighted by molar-refractivity contribution is 0.198. The summed E-state index contributed by atoms with van der Waals surface area (Å²) in [5, 5.41) is 0. The molecule has 0 aliphatic carbocycles. The van der Waals surface area contributed by atoms with Crippen LogP contribution in [-0.4, -0.2) is 39.6 Å². The predicted molar refractivity (Wildman–Crippen MR) is 106 cm³/mol. The molecule has 0 bridgehead atoms. The first-order chi connectivity index (χ1) is 13.2. The Bertz CT molecular complexity index is 887. The van der Waals surface area contributed by atoms with E-state index in [9.17, 15) is 0 Å². The van der Waals surface area contributed by atoms with Crippen molar-refractivity contribution in [1.82, 2.24) is 19.4 Å². The minimum Gasteiger partial charge on any atom is -0.497 e. The monoisotopic (exact) mass is 362 g/mol. The molecule has 3 aromatic rings. The maximum Gasteiger partial charge on any atom is 0.138 e. The summed E-state index contributed by atoms with van der Waals surface area (Å²) in [6.45, 7) is 5.17. The van der Waals surface area contributed by atoms with Crippen LogP contribution < -0.4 is 4.74 Å². The molecular formula is C22H26N4O. The number of likely N-dealkylation sites (tertiary alicyclic amines) is 1. The van der Waals surface area contributed by atoms with Gasteiger partial charge in [0.25, 0.3) is 0 Å². The van der Waals surface area contributed by atoms with Crippen LogP contribution in [0.5, 0.6) is 5.75 Å². The Morgan fingerprint density at radius 3 is 2.74 bits per heavy atom. The summed E-state index contributed by atoms with van der Waals surface area (Å²) in [6.07, 6.45) is 6.19. The molecule has 0 spiro atoms. The van der Waals surface area contributed by atoms with Crippen LogP contribution in [-0.2, 0) is 6.54 Å². The molecule has 3 heterocycles. The fourth-order valence-electron chi connectivity index (χ4n) is 3.85. The van der Waals surface area contributed by atoms with E-state index in [1.54, 1.807) is 7.11 Å². The normalized spacial score (nSPS) is 17.8. The van der Waals surface area contributed by atoms with Crippen molar-refractivity contribution >= 4 is 0 Å². The van der Waals surface area contributed by atoms with Crippen molar-refractivity contribution in [2.45, 2.75) is 32.2 Å². The molecule has 1 aromatic carbocycles. The second kappa shape index (κ2) is 7.92. The van der Waals surface area contributed by atoms with E-state index in [1.165, 1.54) is 24.1 Å². The van der Waals surface area contributed by atoms with Crippen LogP contribution in [0.3, 0.4) is 0 Å². The number of rotatable bonds is 5. The van der Waals surface area contributed by atoms with Crippen LogP contribution in [0, 0.1) is 6.92 Å². The number of pyridine rings is 1. The van der Waals surface area contributed by atoms with Gasteiger partial charge in [-0.05, 0) is 56.1 Å². The Morgan fingerprint density at radius 1 is 1.15 bits per heavy atom. The van der Waals surface area contributed by atoms with Crippen molar-refractivity contribution < 1.29 is 4.74 Å². The number of nitrogens with zero attached hydrogens (tertiary/aromatic N) is 4. The number of benzene rings is 1. The van der Waals surface area contributed by atoms with E-state index in [-0.39, 0.29) is 0 Å². The SMILES string of the molecule is COc1ccc(CN2CCCC(c3cccc(-n4ccnc4C)n3)C2)cc1. The summed E-state index contributed by atoms with van der Waals surface area (Å²) >= 11 is 0. The average Bonchev–Trinajstić information content (AvgIpc) is 3.15. The van der Waals surface area contributed by atoms with Crippen LogP contribution in [0.4, 0.5) is 0 Å². The van der Waals surface area contributed by atoms with E-state index in [4.69, 9.17) is 9.72 Å². The second-order valence-corrected chi connectivity index (χ2v) is 7.19. The smallest absolute Gasteiger partial charge is 0.138 e. The van der Waals surface area contributed by atoms with E-state index in [0.717, 1.165) is 37.0 Å². The highest BCUT2D eigenvalue weighted by Crippen LogP contribution is 2.27. The lowest BCUT2D eigenvalue weighted by Crippen LogP contribution is -2.34. The summed E-state index contributed by atoms with van der Waals surface area (Å²) in [5.41, 5.74) is 2.51. The standard InChI is InChI=1S/C22H26N4O/c1-17-23-12-14-26(17)22-7-3-6-21(24-22)19-5-4-13-25(16-19)15-18-8-10-20(27-2)11-9-18/h3,6-12,14,19H,4-5,13,15-16H2,1-2H3. The Labute approximate surface area is 160 Å². The Morgan fingerprint density at radius 2 is 2.00 bits per heavy atom. The van der Waals surface area contributed by atoms with E-state index in [0.29, 0.717) is 5.92 Å². The first kappa shape index (κ1) is 17.7. The highest BCUT2D eigenvalue weighted by molar-refractivity contribution is 5.29. The third-order valence-corrected chi connectivity index (χ3v) is 5.32.